The molecule has 1 aromatic carbocycles. The van der Waals surface area contributed by atoms with Gasteiger partial charge in [-0.15, -0.1) is 0 Å². The molecule has 82 valence electrons. The number of anilines is 1. The second-order valence-corrected chi connectivity index (χ2v) is 3.35. The van der Waals surface area contributed by atoms with E-state index >= 15 is 0 Å². The van der Waals surface area contributed by atoms with Gasteiger partial charge < -0.3 is 10.1 Å². The zero-order chi connectivity index (χ0) is 11.5. The number of nitrogens with one attached hydrogen (secondary N) is 1. The highest BCUT2D eigenvalue weighted by atomic mass is 16.5. The molecule has 0 amide bonds. The van der Waals surface area contributed by atoms with Crippen molar-refractivity contribution in [2.24, 2.45) is 0 Å². The number of aromatic nitrogens is 1. The van der Waals surface area contributed by atoms with Crippen LogP contribution in [0.25, 0.3) is 10.9 Å². The zero-order valence-electron chi connectivity index (χ0n) is 9.15. The number of esters is 1. The van der Waals surface area contributed by atoms with Gasteiger partial charge in [0.05, 0.1) is 18.2 Å². The summed E-state index contributed by atoms with van der Waals surface area (Å²) in [6.07, 6.45) is 0. The summed E-state index contributed by atoms with van der Waals surface area (Å²) in [5.74, 6) is 0.424. The third-order valence-electron chi connectivity index (χ3n) is 2.37. The summed E-state index contributed by atoms with van der Waals surface area (Å²) in [5, 5.41) is 3.95. The lowest BCUT2D eigenvalue weighted by molar-refractivity contribution is 0.0601. The van der Waals surface area contributed by atoms with Crippen LogP contribution in [-0.2, 0) is 4.74 Å². The first kappa shape index (κ1) is 10.4. The Balaban J connectivity index is 2.54. The quantitative estimate of drug-likeness (QED) is 0.781. The Bertz CT molecular complexity index is 538. The van der Waals surface area contributed by atoms with Crippen molar-refractivity contribution in [3.8, 4) is 0 Å². The molecule has 0 bridgehead atoms. The largest absolute Gasteiger partial charge is 0.465 e. The Morgan fingerprint density at radius 1 is 1.31 bits per heavy atom. The SMILES string of the molecule is CNc1ccc2ccc(C(=O)OC)cc2n1. The van der Waals surface area contributed by atoms with Crippen LogP contribution in [0.5, 0.6) is 0 Å². The number of hydrogen-bond donors (Lipinski definition) is 1. The van der Waals surface area contributed by atoms with E-state index in [2.05, 4.69) is 15.0 Å². The first-order valence-corrected chi connectivity index (χ1v) is 4.91. The average Bonchev–Trinajstić information content (AvgIpc) is 2.36. The fourth-order valence-electron chi connectivity index (χ4n) is 1.50. The molecule has 0 saturated heterocycles. The Morgan fingerprint density at radius 2 is 2.06 bits per heavy atom. The molecule has 2 rings (SSSR count). The molecule has 0 aliphatic rings. The minimum absolute atomic E-state index is 0.349. The van der Waals surface area contributed by atoms with E-state index in [1.807, 2.05) is 18.2 Å². The summed E-state index contributed by atoms with van der Waals surface area (Å²) in [5.41, 5.74) is 1.28. The number of hydrogen-bond acceptors (Lipinski definition) is 4. The number of fused-ring (bicyclic) bond motifs is 1. The number of carbonyl (C=O) groups excluding carboxylic acids is 1. The lowest BCUT2D eigenvalue weighted by atomic mass is 10.1. The molecule has 0 spiro atoms. The minimum atomic E-state index is -0.349. The Labute approximate surface area is 93.3 Å². The molecule has 1 heterocycles. The number of benzene rings is 1. The van der Waals surface area contributed by atoms with Gasteiger partial charge in [0.25, 0.3) is 0 Å². The number of rotatable bonds is 2. The smallest absolute Gasteiger partial charge is 0.337 e. The predicted molar refractivity (Wildman–Crippen MR) is 62.6 cm³/mol. The maximum atomic E-state index is 11.3. The van der Waals surface area contributed by atoms with Crippen molar-refractivity contribution in [2.45, 2.75) is 0 Å². The molecule has 1 N–H and O–H groups in total. The van der Waals surface area contributed by atoms with Crippen molar-refractivity contribution in [2.75, 3.05) is 19.5 Å². The van der Waals surface area contributed by atoms with Crippen LogP contribution >= 0.6 is 0 Å². The van der Waals surface area contributed by atoms with Crippen molar-refractivity contribution in [3.63, 3.8) is 0 Å². The third-order valence-corrected chi connectivity index (χ3v) is 2.37. The monoisotopic (exact) mass is 216 g/mol. The third kappa shape index (κ3) is 1.82. The molecule has 0 unspecified atom stereocenters. The summed E-state index contributed by atoms with van der Waals surface area (Å²) < 4.78 is 4.66. The van der Waals surface area contributed by atoms with Crippen LogP contribution in [0.2, 0.25) is 0 Å². The molecule has 0 saturated carbocycles. The molecule has 2 aromatic rings. The molecule has 4 heteroatoms. The molecule has 0 radical (unpaired) electrons. The van der Waals surface area contributed by atoms with E-state index in [1.54, 1.807) is 19.2 Å². The van der Waals surface area contributed by atoms with Gasteiger partial charge in [-0.2, -0.15) is 0 Å². The van der Waals surface area contributed by atoms with E-state index in [4.69, 9.17) is 0 Å². The second kappa shape index (κ2) is 4.18. The van der Waals surface area contributed by atoms with E-state index < -0.39 is 0 Å². The van der Waals surface area contributed by atoms with Gasteiger partial charge in [0, 0.05) is 12.4 Å². The van der Waals surface area contributed by atoms with Gasteiger partial charge in [-0.05, 0) is 24.3 Å². The molecule has 0 fully saturated rings. The highest BCUT2D eigenvalue weighted by Crippen LogP contribution is 2.17. The normalized spacial score (nSPS) is 10.1. The van der Waals surface area contributed by atoms with Gasteiger partial charge in [0.1, 0.15) is 5.82 Å². The number of carbonyl (C=O) groups is 1. The molecule has 16 heavy (non-hydrogen) atoms. The molecule has 1 aromatic heterocycles. The fourth-order valence-corrected chi connectivity index (χ4v) is 1.50. The van der Waals surface area contributed by atoms with Crippen LogP contribution in [0.3, 0.4) is 0 Å². The number of pyridine rings is 1. The number of nitrogens with zero attached hydrogens (tertiary/aromatic N) is 1. The molecule has 0 atom stereocenters. The maximum Gasteiger partial charge on any atom is 0.337 e. The van der Waals surface area contributed by atoms with E-state index in [9.17, 15) is 4.79 Å². The summed E-state index contributed by atoms with van der Waals surface area (Å²) in [6.45, 7) is 0. The lowest BCUT2D eigenvalue weighted by Crippen LogP contribution is -2.01. The Hall–Kier alpha value is -2.10. The molecule has 0 aliphatic carbocycles. The maximum absolute atomic E-state index is 11.3. The first-order valence-electron chi connectivity index (χ1n) is 4.91. The van der Waals surface area contributed by atoms with Crippen molar-refractivity contribution in [1.82, 2.24) is 4.98 Å². The van der Waals surface area contributed by atoms with Crippen molar-refractivity contribution < 1.29 is 9.53 Å². The van der Waals surface area contributed by atoms with Gasteiger partial charge in [-0.3, -0.25) is 0 Å². The molecular formula is C12H12N2O2. The standard InChI is InChI=1S/C12H12N2O2/c1-13-11-6-5-8-3-4-9(12(15)16-2)7-10(8)14-11/h3-7H,1-2H3,(H,13,14). The van der Waals surface area contributed by atoms with Crippen molar-refractivity contribution in [1.29, 1.82) is 0 Å². The first-order chi connectivity index (χ1) is 7.74. The number of ether oxygens (including phenoxy) is 1. The highest BCUT2D eigenvalue weighted by Gasteiger charge is 2.06. The van der Waals surface area contributed by atoms with E-state index in [0.29, 0.717) is 5.56 Å². The fraction of sp³-hybridized carbons (Fsp3) is 0.167. The average molecular weight is 216 g/mol. The van der Waals surface area contributed by atoms with E-state index in [0.717, 1.165) is 16.7 Å². The summed E-state index contributed by atoms with van der Waals surface area (Å²) in [6, 6.07) is 9.15. The highest BCUT2D eigenvalue weighted by molar-refractivity contribution is 5.94. The summed E-state index contributed by atoms with van der Waals surface area (Å²) in [4.78, 5) is 15.7. The van der Waals surface area contributed by atoms with Crippen LogP contribution in [-0.4, -0.2) is 25.1 Å². The van der Waals surface area contributed by atoms with Crippen LogP contribution in [0.1, 0.15) is 10.4 Å². The molecular weight excluding hydrogens is 204 g/mol. The Kier molecular flexibility index (Phi) is 2.72. The topological polar surface area (TPSA) is 51.2 Å². The summed E-state index contributed by atoms with van der Waals surface area (Å²) in [7, 11) is 3.17. The zero-order valence-corrected chi connectivity index (χ0v) is 9.15. The molecule has 4 nitrogen and oxygen atoms in total. The van der Waals surface area contributed by atoms with E-state index in [1.165, 1.54) is 7.11 Å². The van der Waals surface area contributed by atoms with Gasteiger partial charge in [-0.25, -0.2) is 9.78 Å². The van der Waals surface area contributed by atoms with E-state index in [-0.39, 0.29) is 5.97 Å². The van der Waals surface area contributed by atoms with Crippen LogP contribution in [0.4, 0.5) is 5.82 Å². The Morgan fingerprint density at radius 3 is 2.75 bits per heavy atom. The van der Waals surface area contributed by atoms with Crippen LogP contribution in [0.15, 0.2) is 30.3 Å². The second-order valence-electron chi connectivity index (χ2n) is 3.35. The minimum Gasteiger partial charge on any atom is -0.465 e. The lowest BCUT2D eigenvalue weighted by Gasteiger charge is -2.03. The van der Waals surface area contributed by atoms with Gasteiger partial charge in [0.2, 0.25) is 0 Å². The van der Waals surface area contributed by atoms with Crippen molar-refractivity contribution in [3.05, 3.63) is 35.9 Å². The van der Waals surface area contributed by atoms with Crippen molar-refractivity contribution >= 4 is 22.7 Å². The van der Waals surface area contributed by atoms with Crippen LogP contribution in [0, 0.1) is 0 Å². The van der Waals surface area contributed by atoms with Gasteiger partial charge in [0.15, 0.2) is 0 Å². The molecule has 0 aliphatic heterocycles. The predicted octanol–water partition coefficient (Wildman–Crippen LogP) is 2.06. The van der Waals surface area contributed by atoms with Gasteiger partial charge in [-0.1, -0.05) is 6.07 Å². The number of methoxy groups -OCH3 is 1. The van der Waals surface area contributed by atoms with Crippen LogP contribution < -0.4 is 5.32 Å². The van der Waals surface area contributed by atoms with Gasteiger partial charge >= 0.3 is 5.97 Å². The summed E-state index contributed by atoms with van der Waals surface area (Å²) >= 11 is 0.